The summed E-state index contributed by atoms with van der Waals surface area (Å²) in [6.45, 7) is 5.26. The van der Waals surface area contributed by atoms with Gasteiger partial charge in [-0.3, -0.25) is 14.6 Å². The number of carbonyl (C=O) groups excluding carboxylic acids is 1. The highest BCUT2D eigenvalue weighted by Crippen LogP contribution is 2.31. The lowest BCUT2D eigenvalue weighted by molar-refractivity contribution is -0.117. The van der Waals surface area contributed by atoms with Gasteiger partial charge in [-0.25, -0.2) is 0 Å². The minimum absolute atomic E-state index is 0.135. The fourth-order valence-corrected chi connectivity index (χ4v) is 5.57. The molecule has 1 fully saturated rings. The molecule has 1 saturated heterocycles. The Morgan fingerprint density at radius 3 is 2.38 bits per heavy atom. The highest BCUT2D eigenvalue weighted by atomic mass is 16.5. The van der Waals surface area contributed by atoms with Crippen LogP contribution in [0.25, 0.3) is 10.9 Å². The average molecular weight is 573 g/mol. The topological polar surface area (TPSA) is 113 Å². The van der Waals surface area contributed by atoms with Crippen LogP contribution in [0.1, 0.15) is 22.9 Å². The molecule has 4 aromatic rings. The highest BCUT2D eigenvalue weighted by Gasteiger charge is 2.27. The zero-order chi connectivity index (χ0) is 29.3. The van der Waals surface area contributed by atoms with Crippen molar-refractivity contribution in [3.63, 3.8) is 0 Å². The largest absolute Gasteiger partial charge is 0.491 e. The number of primary amides is 1. The minimum atomic E-state index is -0.633. The summed E-state index contributed by atoms with van der Waals surface area (Å²) in [6.07, 6.45) is -0.492. The zero-order valence-corrected chi connectivity index (χ0v) is 24.1. The van der Waals surface area contributed by atoms with Gasteiger partial charge in [0.1, 0.15) is 30.8 Å². The molecule has 0 aliphatic carbocycles. The van der Waals surface area contributed by atoms with Gasteiger partial charge in [-0.05, 0) is 41.5 Å². The standard InChI is InChI=1S/C33H40N4O5/c1-40-18-19-41-28-12-10-25(11-13-28)33(24-6-3-2-4-7-24)37-16-14-36(15-17-37)22-27(38)23-42-31-9-5-8-30-29(31)20-26(35-30)21-32(34)39/h2-13,20,27,33,35,38H,14-19,21-23H2,1H3,(H2,34,39). The third-order valence-electron chi connectivity index (χ3n) is 7.58. The summed E-state index contributed by atoms with van der Waals surface area (Å²) in [5, 5.41) is 11.7. The number of ether oxygens (including phenoxy) is 3. The fourth-order valence-electron chi connectivity index (χ4n) is 5.57. The molecular weight excluding hydrogens is 532 g/mol. The Labute approximate surface area is 246 Å². The van der Waals surface area contributed by atoms with Crippen LogP contribution >= 0.6 is 0 Å². The number of piperazine rings is 1. The maximum atomic E-state index is 11.3. The van der Waals surface area contributed by atoms with Gasteiger partial charge in [0, 0.05) is 56.4 Å². The number of β-amino-alcohol motifs (C(OH)–C–C–N with tert-alkyl or cyclic N) is 1. The molecule has 2 atom stereocenters. The van der Waals surface area contributed by atoms with E-state index in [0.29, 0.717) is 25.5 Å². The second-order valence-corrected chi connectivity index (χ2v) is 10.7. The molecule has 42 heavy (non-hydrogen) atoms. The van der Waals surface area contributed by atoms with E-state index in [4.69, 9.17) is 19.9 Å². The van der Waals surface area contributed by atoms with E-state index in [1.165, 1.54) is 11.1 Å². The number of nitrogens with two attached hydrogens (primary N) is 1. The SMILES string of the molecule is COCCOc1ccc(C(c2ccccc2)N2CCN(CC(O)COc3cccc4[nH]c(CC(N)=O)cc34)CC2)cc1. The molecule has 4 N–H and O–H groups in total. The summed E-state index contributed by atoms with van der Waals surface area (Å²) in [4.78, 5) is 19.3. The Morgan fingerprint density at radius 2 is 1.67 bits per heavy atom. The Bertz CT molecular complexity index is 1420. The summed E-state index contributed by atoms with van der Waals surface area (Å²) < 4.78 is 16.9. The number of aromatic amines is 1. The quantitative estimate of drug-likeness (QED) is 0.199. The number of aliphatic hydroxyl groups is 1. The Morgan fingerprint density at radius 1 is 0.929 bits per heavy atom. The number of methoxy groups -OCH3 is 1. The van der Waals surface area contributed by atoms with Crippen LogP contribution < -0.4 is 15.2 Å². The second-order valence-electron chi connectivity index (χ2n) is 10.7. The lowest BCUT2D eigenvalue weighted by Gasteiger charge is -2.40. The van der Waals surface area contributed by atoms with Gasteiger partial charge < -0.3 is 30.0 Å². The molecule has 1 aliphatic rings. The zero-order valence-electron chi connectivity index (χ0n) is 24.1. The molecule has 5 rings (SSSR count). The van der Waals surface area contributed by atoms with Crippen molar-refractivity contribution in [1.82, 2.24) is 14.8 Å². The van der Waals surface area contributed by atoms with Gasteiger partial charge in [0.25, 0.3) is 0 Å². The number of amides is 1. The predicted molar refractivity (Wildman–Crippen MR) is 163 cm³/mol. The molecule has 1 amide bonds. The van der Waals surface area contributed by atoms with E-state index >= 15 is 0 Å². The average Bonchev–Trinajstić information content (AvgIpc) is 3.41. The van der Waals surface area contributed by atoms with Crippen molar-refractivity contribution in [2.45, 2.75) is 18.6 Å². The van der Waals surface area contributed by atoms with E-state index in [0.717, 1.165) is 48.5 Å². The molecule has 1 aromatic heterocycles. The van der Waals surface area contributed by atoms with Crippen molar-refractivity contribution >= 4 is 16.8 Å². The van der Waals surface area contributed by atoms with Crippen LogP contribution in [0.5, 0.6) is 11.5 Å². The summed E-state index contributed by atoms with van der Waals surface area (Å²) in [5.74, 6) is 1.11. The van der Waals surface area contributed by atoms with Crippen LogP contribution in [-0.2, 0) is 16.0 Å². The van der Waals surface area contributed by atoms with Gasteiger partial charge in [-0.15, -0.1) is 0 Å². The number of fused-ring (bicyclic) bond motifs is 1. The van der Waals surface area contributed by atoms with E-state index in [2.05, 4.69) is 51.2 Å². The molecule has 0 saturated carbocycles. The van der Waals surface area contributed by atoms with Gasteiger partial charge in [0.05, 0.1) is 19.1 Å². The number of hydrogen-bond acceptors (Lipinski definition) is 7. The number of nitrogens with zero attached hydrogens (tertiary/aromatic N) is 2. The van der Waals surface area contributed by atoms with Crippen LogP contribution in [-0.4, -0.2) is 91.6 Å². The maximum absolute atomic E-state index is 11.3. The molecule has 3 aromatic carbocycles. The van der Waals surface area contributed by atoms with E-state index < -0.39 is 12.0 Å². The number of hydrogen-bond donors (Lipinski definition) is 3. The number of aliphatic hydroxyl groups excluding tert-OH is 1. The molecule has 9 heteroatoms. The number of aromatic nitrogens is 1. The molecular formula is C33H40N4O5. The van der Waals surface area contributed by atoms with Gasteiger partial charge in [-0.1, -0.05) is 48.5 Å². The lowest BCUT2D eigenvalue weighted by atomic mass is 9.96. The van der Waals surface area contributed by atoms with E-state index in [9.17, 15) is 9.90 Å². The van der Waals surface area contributed by atoms with Crippen LogP contribution in [0.2, 0.25) is 0 Å². The number of rotatable bonds is 14. The third kappa shape index (κ3) is 7.68. The van der Waals surface area contributed by atoms with Crippen molar-refractivity contribution in [2.75, 3.05) is 59.7 Å². The van der Waals surface area contributed by atoms with Crippen LogP contribution in [0.3, 0.4) is 0 Å². The van der Waals surface area contributed by atoms with Crippen molar-refractivity contribution in [3.05, 3.63) is 95.7 Å². The summed E-state index contributed by atoms with van der Waals surface area (Å²) in [7, 11) is 1.67. The smallest absolute Gasteiger partial charge is 0.223 e. The molecule has 2 unspecified atom stereocenters. The number of benzene rings is 3. The molecule has 0 radical (unpaired) electrons. The molecule has 2 heterocycles. The number of carbonyl (C=O) groups is 1. The first-order valence-electron chi connectivity index (χ1n) is 14.4. The first kappa shape index (κ1) is 29.6. The predicted octanol–water partition coefficient (Wildman–Crippen LogP) is 3.37. The van der Waals surface area contributed by atoms with Gasteiger partial charge in [0.15, 0.2) is 0 Å². The van der Waals surface area contributed by atoms with Crippen LogP contribution in [0.15, 0.2) is 78.9 Å². The first-order chi connectivity index (χ1) is 20.5. The summed E-state index contributed by atoms with van der Waals surface area (Å²) in [6, 6.07) is 26.6. The van der Waals surface area contributed by atoms with Crippen molar-refractivity contribution < 1.29 is 24.1 Å². The lowest BCUT2D eigenvalue weighted by Crippen LogP contribution is -2.50. The van der Waals surface area contributed by atoms with E-state index in [1.54, 1.807) is 7.11 Å². The molecule has 0 bridgehead atoms. The van der Waals surface area contributed by atoms with Crippen molar-refractivity contribution in [1.29, 1.82) is 0 Å². The van der Waals surface area contributed by atoms with Crippen LogP contribution in [0, 0.1) is 0 Å². The Hall–Kier alpha value is -3.89. The van der Waals surface area contributed by atoms with Gasteiger partial charge in [0.2, 0.25) is 5.91 Å². The van der Waals surface area contributed by atoms with E-state index in [-0.39, 0.29) is 19.1 Å². The Kier molecular flexibility index (Phi) is 10.1. The Balaban J connectivity index is 1.17. The second kappa shape index (κ2) is 14.3. The molecule has 1 aliphatic heterocycles. The number of H-pyrrole nitrogens is 1. The van der Waals surface area contributed by atoms with Gasteiger partial charge in [-0.2, -0.15) is 0 Å². The summed E-state index contributed by atoms with van der Waals surface area (Å²) >= 11 is 0. The van der Waals surface area contributed by atoms with Crippen LogP contribution in [0.4, 0.5) is 0 Å². The maximum Gasteiger partial charge on any atom is 0.223 e. The van der Waals surface area contributed by atoms with Crippen molar-refractivity contribution in [3.8, 4) is 11.5 Å². The third-order valence-corrected chi connectivity index (χ3v) is 7.58. The van der Waals surface area contributed by atoms with Gasteiger partial charge >= 0.3 is 0 Å². The molecule has 0 spiro atoms. The monoisotopic (exact) mass is 572 g/mol. The van der Waals surface area contributed by atoms with Crippen molar-refractivity contribution in [2.24, 2.45) is 5.73 Å². The summed E-state index contributed by atoms with van der Waals surface area (Å²) in [5.41, 5.74) is 9.43. The molecule has 222 valence electrons. The van der Waals surface area contributed by atoms with E-state index in [1.807, 2.05) is 42.5 Å². The highest BCUT2D eigenvalue weighted by molar-refractivity contribution is 5.88. The minimum Gasteiger partial charge on any atom is -0.491 e. The molecule has 9 nitrogen and oxygen atoms in total. The normalized spacial score (nSPS) is 15.9. The number of nitrogens with one attached hydrogen (secondary N) is 1. The fraction of sp³-hybridized carbons (Fsp3) is 0.364. The first-order valence-corrected chi connectivity index (χ1v) is 14.4.